The Balaban J connectivity index is 2.03. The van der Waals surface area contributed by atoms with Gasteiger partial charge in [0, 0.05) is 29.5 Å². The average molecular weight is 321 g/mol. The van der Waals surface area contributed by atoms with Crippen LogP contribution in [-0.2, 0) is 0 Å². The molecule has 100 valence electrons. The minimum Gasteiger partial charge on any atom is -0.497 e. The highest BCUT2D eigenvalue weighted by molar-refractivity contribution is 9.09. The normalized spacial score (nSPS) is 19.7. The first-order valence-corrected chi connectivity index (χ1v) is 7.51. The number of alkyl halides is 1. The molecule has 1 fully saturated rings. The second-order valence-electron chi connectivity index (χ2n) is 4.91. The van der Waals surface area contributed by atoms with E-state index in [1.54, 1.807) is 7.11 Å². The molecule has 0 aliphatic carbocycles. The number of rotatable bonds is 2. The van der Waals surface area contributed by atoms with Crippen LogP contribution in [-0.4, -0.2) is 30.0 Å². The van der Waals surface area contributed by atoms with Crippen molar-refractivity contribution in [2.45, 2.75) is 17.7 Å². The standard InChI is InChI=1S/C15H17BrN2O/c1-19-13-4-5-14-11(9-13)6-7-17-15(14)18-8-2-3-12(16)10-18/h4-7,9,12H,2-3,8,10H2,1H3. The van der Waals surface area contributed by atoms with Gasteiger partial charge in [-0.3, -0.25) is 0 Å². The molecule has 1 aromatic carbocycles. The van der Waals surface area contributed by atoms with Crippen LogP contribution in [0.15, 0.2) is 30.5 Å². The number of hydrogen-bond donors (Lipinski definition) is 0. The van der Waals surface area contributed by atoms with E-state index in [1.165, 1.54) is 23.6 Å². The third-order valence-electron chi connectivity index (χ3n) is 3.61. The first-order chi connectivity index (χ1) is 9.28. The van der Waals surface area contributed by atoms with E-state index in [9.17, 15) is 0 Å². The number of halogens is 1. The summed E-state index contributed by atoms with van der Waals surface area (Å²) in [5.41, 5.74) is 0. The molecule has 0 spiro atoms. The fraction of sp³-hybridized carbons (Fsp3) is 0.400. The van der Waals surface area contributed by atoms with Crippen LogP contribution in [0, 0.1) is 0 Å². The predicted octanol–water partition coefficient (Wildman–Crippen LogP) is 3.61. The predicted molar refractivity (Wildman–Crippen MR) is 82.5 cm³/mol. The molecule has 4 heteroatoms. The van der Waals surface area contributed by atoms with Crippen LogP contribution in [0.5, 0.6) is 5.75 Å². The lowest BCUT2D eigenvalue weighted by atomic mass is 10.1. The summed E-state index contributed by atoms with van der Waals surface area (Å²) in [6.07, 6.45) is 4.34. The number of methoxy groups -OCH3 is 1. The van der Waals surface area contributed by atoms with Gasteiger partial charge in [-0.15, -0.1) is 0 Å². The van der Waals surface area contributed by atoms with E-state index in [4.69, 9.17) is 4.74 Å². The summed E-state index contributed by atoms with van der Waals surface area (Å²) in [6.45, 7) is 2.11. The number of fused-ring (bicyclic) bond motifs is 1. The molecule has 0 radical (unpaired) electrons. The zero-order chi connectivity index (χ0) is 13.2. The molecule has 1 saturated heterocycles. The van der Waals surface area contributed by atoms with Crippen LogP contribution in [0.2, 0.25) is 0 Å². The monoisotopic (exact) mass is 320 g/mol. The fourth-order valence-corrected chi connectivity index (χ4v) is 3.31. The lowest BCUT2D eigenvalue weighted by Gasteiger charge is -2.31. The Bertz CT molecular complexity index is 587. The summed E-state index contributed by atoms with van der Waals surface area (Å²) in [5, 5.41) is 2.38. The molecule has 1 atom stereocenters. The Hall–Kier alpha value is -1.29. The summed E-state index contributed by atoms with van der Waals surface area (Å²) >= 11 is 3.72. The minimum absolute atomic E-state index is 0.566. The Morgan fingerprint density at radius 2 is 2.26 bits per heavy atom. The van der Waals surface area contributed by atoms with Gasteiger partial charge >= 0.3 is 0 Å². The molecule has 0 N–H and O–H groups in total. The molecule has 1 aliphatic rings. The highest BCUT2D eigenvalue weighted by Crippen LogP contribution is 2.30. The van der Waals surface area contributed by atoms with Crippen molar-refractivity contribution in [1.29, 1.82) is 0 Å². The largest absolute Gasteiger partial charge is 0.497 e. The van der Waals surface area contributed by atoms with E-state index < -0.39 is 0 Å². The molecule has 2 aromatic rings. The number of aromatic nitrogens is 1. The van der Waals surface area contributed by atoms with Gasteiger partial charge in [-0.2, -0.15) is 0 Å². The molecule has 19 heavy (non-hydrogen) atoms. The van der Waals surface area contributed by atoms with Crippen LogP contribution >= 0.6 is 15.9 Å². The Labute approximate surface area is 121 Å². The van der Waals surface area contributed by atoms with Crippen molar-refractivity contribution in [3.05, 3.63) is 30.5 Å². The van der Waals surface area contributed by atoms with Crippen LogP contribution in [0.25, 0.3) is 10.8 Å². The third-order valence-corrected chi connectivity index (χ3v) is 4.36. The van der Waals surface area contributed by atoms with Crippen LogP contribution in [0.4, 0.5) is 5.82 Å². The maximum Gasteiger partial charge on any atom is 0.136 e. The van der Waals surface area contributed by atoms with Crippen molar-refractivity contribution in [2.75, 3.05) is 25.1 Å². The Kier molecular flexibility index (Phi) is 3.60. The van der Waals surface area contributed by atoms with E-state index in [2.05, 4.69) is 37.9 Å². The molecule has 1 aromatic heterocycles. The third kappa shape index (κ3) is 2.54. The van der Waals surface area contributed by atoms with Crippen LogP contribution in [0.1, 0.15) is 12.8 Å². The van der Waals surface area contributed by atoms with Gasteiger partial charge in [-0.05, 0) is 42.5 Å². The van der Waals surface area contributed by atoms with E-state index >= 15 is 0 Å². The average Bonchev–Trinajstić information content (AvgIpc) is 2.46. The van der Waals surface area contributed by atoms with Crippen molar-refractivity contribution in [1.82, 2.24) is 4.98 Å². The Morgan fingerprint density at radius 1 is 1.37 bits per heavy atom. The van der Waals surface area contributed by atoms with Crippen molar-refractivity contribution >= 4 is 32.5 Å². The number of pyridine rings is 1. The van der Waals surface area contributed by atoms with Crippen molar-refractivity contribution in [3.63, 3.8) is 0 Å². The van der Waals surface area contributed by atoms with Crippen molar-refractivity contribution in [2.24, 2.45) is 0 Å². The second-order valence-corrected chi connectivity index (χ2v) is 6.20. The van der Waals surface area contributed by atoms with Gasteiger partial charge < -0.3 is 9.64 Å². The molecule has 1 unspecified atom stereocenters. The molecule has 0 saturated carbocycles. The number of anilines is 1. The van der Waals surface area contributed by atoms with Gasteiger partial charge in [0.15, 0.2) is 0 Å². The minimum atomic E-state index is 0.566. The zero-order valence-electron chi connectivity index (χ0n) is 11.0. The van der Waals surface area contributed by atoms with Crippen LogP contribution in [0.3, 0.4) is 0 Å². The molecule has 2 heterocycles. The van der Waals surface area contributed by atoms with E-state index in [0.717, 1.165) is 24.7 Å². The van der Waals surface area contributed by atoms with Gasteiger partial charge in [0.05, 0.1) is 7.11 Å². The van der Waals surface area contributed by atoms with Gasteiger partial charge in [-0.1, -0.05) is 15.9 Å². The zero-order valence-corrected chi connectivity index (χ0v) is 12.6. The van der Waals surface area contributed by atoms with Gasteiger partial charge in [-0.25, -0.2) is 4.98 Å². The smallest absolute Gasteiger partial charge is 0.136 e. The number of nitrogens with zero attached hydrogens (tertiary/aromatic N) is 2. The maximum absolute atomic E-state index is 5.28. The first-order valence-electron chi connectivity index (χ1n) is 6.59. The fourth-order valence-electron chi connectivity index (χ4n) is 2.64. The molecular weight excluding hydrogens is 304 g/mol. The van der Waals surface area contributed by atoms with Crippen molar-refractivity contribution < 1.29 is 4.74 Å². The number of piperidine rings is 1. The lowest BCUT2D eigenvalue weighted by Crippen LogP contribution is -2.36. The molecule has 3 nitrogen and oxygen atoms in total. The Morgan fingerprint density at radius 3 is 3.05 bits per heavy atom. The van der Waals surface area contributed by atoms with Gasteiger partial charge in [0.25, 0.3) is 0 Å². The number of hydrogen-bond acceptors (Lipinski definition) is 3. The van der Waals surface area contributed by atoms with E-state index in [-0.39, 0.29) is 0 Å². The number of benzene rings is 1. The summed E-state index contributed by atoms with van der Waals surface area (Å²) in [5.74, 6) is 1.98. The second kappa shape index (κ2) is 5.37. The summed E-state index contributed by atoms with van der Waals surface area (Å²) < 4.78 is 5.28. The van der Waals surface area contributed by atoms with Gasteiger partial charge in [0.1, 0.15) is 11.6 Å². The molecule has 0 bridgehead atoms. The molecule has 3 rings (SSSR count). The lowest BCUT2D eigenvalue weighted by molar-refractivity contribution is 0.415. The highest BCUT2D eigenvalue weighted by Gasteiger charge is 2.20. The summed E-state index contributed by atoms with van der Waals surface area (Å²) in [7, 11) is 1.70. The highest BCUT2D eigenvalue weighted by atomic mass is 79.9. The van der Waals surface area contributed by atoms with E-state index in [1.807, 2.05) is 18.3 Å². The molecule has 0 amide bonds. The summed E-state index contributed by atoms with van der Waals surface area (Å²) in [4.78, 5) is 7.52. The van der Waals surface area contributed by atoms with E-state index in [0.29, 0.717) is 4.83 Å². The number of ether oxygens (including phenoxy) is 1. The molecular formula is C15H17BrN2O. The quantitative estimate of drug-likeness (QED) is 0.790. The topological polar surface area (TPSA) is 25.4 Å². The SMILES string of the molecule is COc1ccc2c(N3CCCC(Br)C3)nccc2c1. The summed E-state index contributed by atoms with van der Waals surface area (Å²) in [6, 6.07) is 8.21. The van der Waals surface area contributed by atoms with Gasteiger partial charge in [0.2, 0.25) is 0 Å². The van der Waals surface area contributed by atoms with Crippen molar-refractivity contribution in [3.8, 4) is 5.75 Å². The molecule has 1 aliphatic heterocycles. The van der Waals surface area contributed by atoms with Crippen LogP contribution < -0.4 is 9.64 Å². The first kappa shape index (κ1) is 12.7. The maximum atomic E-state index is 5.28.